The number of hydrogen-bond donors (Lipinski definition) is 1. The van der Waals surface area contributed by atoms with Gasteiger partial charge in [-0.25, -0.2) is 4.79 Å². The van der Waals surface area contributed by atoms with Gasteiger partial charge in [0.2, 0.25) is 0 Å². The Hall–Kier alpha value is -1.55. The van der Waals surface area contributed by atoms with Crippen LogP contribution in [0.5, 0.6) is 0 Å². The number of benzene rings is 1. The molecule has 3 rings (SSSR count). The molecule has 1 aromatic carbocycles. The molecule has 21 heavy (non-hydrogen) atoms. The number of amides is 1. The average molecular weight is 289 g/mol. The summed E-state index contributed by atoms with van der Waals surface area (Å²) < 4.78 is 5.50. The molecule has 2 fully saturated rings. The third kappa shape index (κ3) is 2.64. The first kappa shape index (κ1) is 14.4. The smallest absolute Gasteiger partial charge is 0.412 e. The molecule has 1 amide bonds. The van der Waals surface area contributed by atoms with E-state index in [0.29, 0.717) is 0 Å². The van der Waals surface area contributed by atoms with Gasteiger partial charge in [0, 0.05) is 11.6 Å². The van der Waals surface area contributed by atoms with Crippen LogP contribution >= 0.6 is 0 Å². The minimum Gasteiger partial charge on any atom is -0.436 e. The van der Waals surface area contributed by atoms with Gasteiger partial charge < -0.3 is 9.84 Å². The molecule has 1 aromatic rings. The third-order valence-corrected chi connectivity index (χ3v) is 4.71. The number of cyclic esters (lactones) is 1. The molecule has 1 aliphatic heterocycles. The van der Waals surface area contributed by atoms with Gasteiger partial charge >= 0.3 is 6.09 Å². The van der Waals surface area contributed by atoms with E-state index < -0.39 is 12.3 Å². The average Bonchev–Trinajstić information content (AvgIpc) is 2.83. The summed E-state index contributed by atoms with van der Waals surface area (Å²) in [4.78, 5) is 13.8. The second kappa shape index (κ2) is 6.06. The molecule has 2 atom stereocenters. The first-order chi connectivity index (χ1) is 10.2. The van der Waals surface area contributed by atoms with Crippen molar-refractivity contribution in [3.05, 3.63) is 35.4 Å². The van der Waals surface area contributed by atoms with Crippen LogP contribution in [0.4, 0.5) is 4.79 Å². The standard InChI is InChI=1S/C17H23NO3/c1-2-12-8-6-7-11-14(12)15-16(19)18(17(20)21-15)13-9-4-3-5-10-13/h6-8,11,13,15-16,19H,2-5,9-10H2,1H3. The van der Waals surface area contributed by atoms with E-state index in [1.165, 1.54) is 6.42 Å². The Morgan fingerprint density at radius 2 is 1.95 bits per heavy atom. The second-order valence-electron chi connectivity index (χ2n) is 5.97. The van der Waals surface area contributed by atoms with Crippen molar-refractivity contribution in [1.82, 2.24) is 4.90 Å². The Morgan fingerprint density at radius 3 is 2.67 bits per heavy atom. The van der Waals surface area contributed by atoms with Gasteiger partial charge in [0.1, 0.15) is 0 Å². The van der Waals surface area contributed by atoms with Crippen LogP contribution in [-0.4, -0.2) is 28.4 Å². The molecule has 4 nitrogen and oxygen atoms in total. The Balaban J connectivity index is 1.84. The maximum atomic E-state index is 12.2. The van der Waals surface area contributed by atoms with Crippen molar-refractivity contribution >= 4 is 6.09 Å². The molecular weight excluding hydrogens is 266 g/mol. The van der Waals surface area contributed by atoms with Crippen molar-refractivity contribution in [3.63, 3.8) is 0 Å². The minimum absolute atomic E-state index is 0.125. The Morgan fingerprint density at radius 1 is 1.24 bits per heavy atom. The van der Waals surface area contributed by atoms with Gasteiger partial charge in [-0.1, -0.05) is 50.5 Å². The van der Waals surface area contributed by atoms with Crippen LogP contribution in [0.3, 0.4) is 0 Å². The molecule has 4 heteroatoms. The Kier molecular flexibility index (Phi) is 4.15. The first-order valence-corrected chi connectivity index (χ1v) is 7.97. The van der Waals surface area contributed by atoms with E-state index in [1.807, 2.05) is 24.3 Å². The number of nitrogens with zero attached hydrogens (tertiary/aromatic N) is 1. The molecule has 1 saturated heterocycles. The quantitative estimate of drug-likeness (QED) is 0.928. The molecule has 0 spiro atoms. The summed E-state index contributed by atoms with van der Waals surface area (Å²) in [5.74, 6) is 0. The first-order valence-electron chi connectivity index (χ1n) is 7.97. The summed E-state index contributed by atoms with van der Waals surface area (Å²) in [7, 11) is 0. The van der Waals surface area contributed by atoms with Crippen LogP contribution in [-0.2, 0) is 11.2 Å². The number of aliphatic hydroxyl groups excluding tert-OH is 1. The number of hydrogen-bond acceptors (Lipinski definition) is 3. The van der Waals surface area contributed by atoms with Gasteiger partial charge in [-0.15, -0.1) is 0 Å². The highest BCUT2D eigenvalue weighted by molar-refractivity contribution is 5.71. The lowest BCUT2D eigenvalue weighted by molar-refractivity contribution is -0.00873. The molecule has 0 aromatic heterocycles. The van der Waals surface area contributed by atoms with Crippen LogP contribution in [0.1, 0.15) is 56.3 Å². The van der Waals surface area contributed by atoms with E-state index in [1.54, 1.807) is 4.90 Å². The van der Waals surface area contributed by atoms with Gasteiger partial charge in [-0.3, -0.25) is 4.90 Å². The van der Waals surface area contributed by atoms with E-state index in [9.17, 15) is 9.90 Å². The largest absolute Gasteiger partial charge is 0.436 e. The number of aryl methyl sites for hydroxylation is 1. The highest BCUT2D eigenvalue weighted by Gasteiger charge is 2.45. The SMILES string of the molecule is CCc1ccccc1C1OC(=O)N(C2CCCCC2)C1O. The number of rotatable bonds is 3. The van der Waals surface area contributed by atoms with Gasteiger partial charge in [0.15, 0.2) is 12.3 Å². The van der Waals surface area contributed by atoms with Crippen molar-refractivity contribution in [1.29, 1.82) is 0 Å². The van der Waals surface area contributed by atoms with E-state index >= 15 is 0 Å². The molecule has 0 radical (unpaired) electrons. The van der Waals surface area contributed by atoms with E-state index in [2.05, 4.69) is 6.92 Å². The molecule has 114 valence electrons. The molecule has 1 N–H and O–H groups in total. The summed E-state index contributed by atoms with van der Waals surface area (Å²) >= 11 is 0. The van der Waals surface area contributed by atoms with E-state index in [4.69, 9.17) is 4.74 Å². The van der Waals surface area contributed by atoms with Gasteiger partial charge in [0.05, 0.1) is 0 Å². The molecule has 2 aliphatic rings. The van der Waals surface area contributed by atoms with Crippen LogP contribution in [0, 0.1) is 0 Å². The predicted molar refractivity (Wildman–Crippen MR) is 79.8 cm³/mol. The summed E-state index contributed by atoms with van der Waals surface area (Å²) in [6, 6.07) is 8.01. The lowest BCUT2D eigenvalue weighted by Crippen LogP contribution is -2.43. The number of carbonyl (C=O) groups is 1. The maximum Gasteiger partial charge on any atom is 0.412 e. The van der Waals surface area contributed by atoms with Crippen molar-refractivity contribution in [2.24, 2.45) is 0 Å². The molecule has 2 unspecified atom stereocenters. The van der Waals surface area contributed by atoms with E-state index in [-0.39, 0.29) is 12.1 Å². The fraction of sp³-hybridized carbons (Fsp3) is 0.588. The van der Waals surface area contributed by atoms with Crippen LogP contribution < -0.4 is 0 Å². The Bertz CT molecular complexity index is 511. The molecule has 1 saturated carbocycles. The van der Waals surface area contributed by atoms with E-state index in [0.717, 1.165) is 43.2 Å². The Labute approximate surface area is 125 Å². The van der Waals surface area contributed by atoms with Crippen molar-refractivity contribution < 1.29 is 14.6 Å². The fourth-order valence-corrected chi connectivity index (χ4v) is 3.57. The third-order valence-electron chi connectivity index (χ3n) is 4.71. The normalized spacial score (nSPS) is 27.0. The lowest BCUT2D eigenvalue weighted by atomic mass is 9.93. The van der Waals surface area contributed by atoms with Crippen molar-refractivity contribution in [2.75, 3.05) is 0 Å². The molecule has 1 aliphatic carbocycles. The minimum atomic E-state index is -0.867. The highest BCUT2D eigenvalue weighted by atomic mass is 16.6. The van der Waals surface area contributed by atoms with Crippen LogP contribution in [0.2, 0.25) is 0 Å². The molecule has 0 bridgehead atoms. The number of aliphatic hydroxyl groups is 1. The maximum absolute atomic E-state index is 12.2. The molecule has 1 heterocycles. The van der Waals surface area contributed by atoms with Crippen molar-refractivity contribution in [3.8, 4) is 0 Å². The van der Waals surface area contributed by atoms with Gasteiger partial charge in [-0.2, -0.15) is 0 Å². The fourth-order valence-electron chi connectivity index (χ4n) is 3.57. The van der Waals surface area contributed by atoms with Crippen LogP contribution in [0.15, 0.2) is 24.3 Å². The zero-order valence-corrected chi connectivity index (χ0v) is 12.5. The highest BCUT2D eigenvalue weighted by Crippen LogP contribution is 2.37. The monoisotopic (exact) mass is 289 g/mol. The zero-order chi connectivity index (χ0) is 14.8. The predicted octanol–water partition coefficient (Wildman–Crippen LogP) is 3.39. The summed E-state index contributed by atoms with van der Waals surface area (Å²) in [5.41, 5.74) is 2.05. The summed E-state index contributed by atoms with van der Waals surface area (Å²) in [6.07, 6.45) is 4.46. The summed E-state index contributed by atoms with van der Waals surface area (Å²) in [6.45, 7) is 2.07. The van der Waals surface area contributed by atoms with Gasteiger partial charge in [-0.05, 0) is 24.8 Å². The van der Waals surface area contributed by atoms with Gasteiger partial charge in [0.25, 0.3) is 0 Å². The van der Waals surface area contributed by atoms with Crippen molar-refractivity contribution in [2.45, 2.75) is 63.8 Å². The number of carbonyl (C=O) groups excluding carboxylic acids is 1. The second-order valence-corrected chi connectivity index (χ2v) is 5.97. The molecular formula is C17H23NO3. The topological polar surface area (TPSA) is 49.8 Å². The lowest BCUT2D eigenvalue weighted by Gasteiger charge is -2.31. The zero-order valence-electron chi connectivity index (χ0n) is 12.5. The summed E-state index contributed by atoms with van der Waals surface area (Å²) in [5, 5.41) is 10.6. The van der Waals surface area contributed by atoms with Crippen LogP contribution in [0.25, 0.3) is 0 Å². The number of ether oxygens (including phenoxy) is 1.